The molecule has 0 aromatic heterocycles. The lowest BCUT2D eigenvalue weighted by molar-refractivity contribution is -0.136. The predicted octanol–water partition coefficient (Wildman–Crippen LogP) is 0.226. The molecule has 0 bridgehead atoms. The first-order valence-corrected chi connectivity index (χ1v) is 6.11. The van der Waals surface area contributed by atoms with E-state index in [9.17, 15) is 19.0 Å². The SMILES string of the molecule is N=C(CCP(=O)(O)CCC(=O)O)C(=O)O. The van der Waals surface area contributed by atoms with Gasteiger partial charge in [0.2, 0.25) is 7.37 Å². The zero-order valence-electron chi connectivity index (χ0n) is 7.84. The molecule has 0 saturated carbocycles. The standard InChI is InChI=1S/C7H12NO6P/c8-5(7(11)12)1-3-15(13,14)4-2-6(9)10/h8H,1-4H2,(H,9,10)(H,11,12)(H,13,14). The highest BCUT2D eigenvalue weighted by molar-refractivity contribution is 7.58. The molecule has 86 valence electrons. The number of carboxylic acid groups (broad SMARTS) is 2. The lowest BCUT2D eigenvalue weighted by atomic mass is 10.3. The Kier molecular flexibility index (Phi) is 5.18. The van der Waals surface area contributed by atoms with Crippen LogP contribution >= 0.6 is 7.37 Å². The third-order valence-electron chi connectivity index (χ3n) is 1.64. The smallest absolute Gasteiger partial charge is 0.349 e. The molecule has 0 aliphatic heterocycles. The molecule has 8 heteroatoms. The average molecular weight is 237 g/mol. The van der Waals surface area contributed by atoms with Crippen LogP contribution in [0.15, 0.2) is 0 Å². The first kappa shape index (κ1) is 13.8. The van der Waals surface area contributed by atoms with E-state index < -0.39 is 37.6 Å². The van der Waals surface area contributed by atoms with Crippen molar-refractivity contribution in [1.29, 1.82) is 5.41 Å². The van der Waals surface area contributed by atoms with Gasteiger partial charge in [-0.05, 0) is 0 Å². The van der Waals surface area contributed by atoms with Crippen LogP contribution in [-0.2, 0) is 14.2 Å². The molecular formula is C7H12NO6P. The van der Waals surface area contributed by atoms with E-state index >= 15 is 0 Å². The van der Waals surface area contributed by atoms with Crippen molar-refractivity contribution in [2.24, 2.45) is 0 Å². The maximum absolute atomic E-state index is 11.2. The van der Waals surface area contributed by atoms with Crippen LogP contribution in [0, 0.1) is 5.41 Å². The summed E-state index contributed by atoms with van der Waals surface area (Å²) in [6.45, 7) is 0. The first-order valence-electron chi connectivity index (χ1n) is 4.08. The summed E-state index contributed by atoms with van der Waals surface area (Å²) in [6, 6.07) is 0. The van der Waals surface area contributed by atoms with Crippen molar-refractivity contribution in [3.05, 3.63) is 0 Å². The summed E-state index contributed by atoms with van der Waals surface area (Å²) in [5.41, 5.74) is -0.653. The van der Waals surface area contributed by atoms with Crippen LogP contribution in [0.25, 0.3) is 0 Å². The lowest BCUT2D eigenvalue weighted by Gasteiger charge is -2.08. The molecule has 0 rings (SSSR count). The van der Waals surface area contributed by atoms with Crippen LogP contribution in [0.3, 0.4) is 0 Å². The highest BCUT2D eigenvalue weighted by Crippen LogP contribution is 2.41. The Morgan fingerprint density at radius 3 is 2.00 bits per heavy atom. The van der Waals surface area contributed by atoms with Gasteiger partial charge in [0.05, 0.1) is 6.42 Å². The van der Waals surface area contributed by atoms with Gasteiger partial charge >= 0.3 is 11.9 Å². The number of aliphatic carboxylic acids is 2. The average Bonchev–Trinajstić information content (AvgIpc) is 2.11. The van der Waals surface area contributed by atoms with E-state index in [-0.39, 0.29) is 12.6 Å². The number of nitrogens with one attached hydrogen (secondary N) is 1. The Morgan fingerprint density at radius 2 is 1.60 bits per heavy atom. The monoisotopic (exact) mass is 237 g/mol. The summed E-state index contributed by atoms with van der Waals surface area (Å²) in [4.78, 5) is 29.5. The van der Waals surface area contributed by atoms with Crippen molar-refractivity contribution >= 4 is 25.0 Å². The molecule has 0 aliphatic rings. The highest BCUT2D eigenvalue weighted by atomic mass is 31.2. The quantitative estimate of drug-likeness (QED) is 0.369. The van der Waals surface area contributed by atoms with E-state index in [1.807, 2.05) is 0 Å². The molecule has 15 heavy (non-hydrogen) atoms. The second-order valence-corrected chi connectivity index (χ2v) is 5.56. The molecule has 0 heterocycles. The molecule has 4 N–H and O–H groups in total. The molecule has 0 aromatic rings. The highest BCUT2D eigenvalue weighted by Gasteiger charge is 2.21. The van der Waals surface area contributed by atoms with E-state index in [1.54, 1.807) is 0 Å². The Morgan fingerprint density at radius 1 is 1.13 bits per heavy atom. The zero-order chi connectivity index (χ0) is 12.1. The van der Waals surface area contributed by atoms with Crippen molar-refractivity contribution in [2.45, 2.75) is 12.8 Å². The third kappa shape index (κ3) is 6.82. The minimum absolute atomic E-state index is 0.331. The molecule has 0 radical (unpaired) electrons. The molecule has 0 aliphatic carbocycles. The lowest BCUT2D eigenvalue weighted by Crippen LogP contribution is -2.13. The number of hydrogen-bond donors (Lipinski definition) is 4. The van der Waals surface area contributed by atoms with Crippen LogP contribution in [0.2, 0.25) is 0 Å². The van der Waals surface area contributed by atoms with Crippen molar-refractivity contribution < 1.29 is 29.3 Å². The van der Waals surface area contributed by atoms with E-state index in [0.717, 1.165) is 0 Å². The first-order chi connectivity index (χ1) is 6.74. The van der Waals surface area contributed by atoms with Gasteiger partial charge in [-0.1, -0.05) is 0 Å². The Hall–Kier alpha value is -1.20. The molecular weight excluding hydrogens is 225 g/mol. The van der Waals surface area contributed by atoms with Crippen LogP contribution < -0.4 is 0 Å². The number of carboxylic acids is 2. The summed E-state index contributed by atoms with van der Waals surface area (Å²) in [5, 5.41) is 23.5. The number of hydrogen-bond acceptors (Lipinski definition) is 4. The molecule has 1 atom stereocenters. The van der Waals surface area contributed by atoms with Gasteiger partial charge in [0, 0.05) is 18.7 Å². The van der Waals surface area contributed by atoms with E-state index in [1.165, 1.54) is 0 Å². The van der Waals surface area contributed by atoms with Crippen molar-refractivity contribution in [1.82, 2.24) is 0 Å². The minimum Gasteiger partial charge on any atom is -0.481 e. The maximum Gasteiger partial charge on any atom is 0.349 e. The van der Waals surface area contributed by atoms with Gasteiger partial charge in [0.25, 0.3) is 0 Å². The van der Waals surface area contributed by atoms with Crippen LogP contribution in [0.5, 0.6) is 0 Å². The molecule has 1 unspecified atom stereocenters. The maximum atomic E-state index is 11.2. The Balaban J connectivity index is 4.04. The Labute approximate surface area is 85.7 Å². The fraction of sp³-hybridized carbons (Fsp3) is 0.571. The fourth-order valence-electron chi connectivity index (χ4n) is 0.776. The topological polar surface area (TPSA) is 136 Å². The second kappa shape index (κ2) is 5.63. The van der Waals surface area contributed by atoms with Gasteiger partial charge in [-0.25, -0.2) is 4.79 Å². The van der Waals surface area contributed by atoms with Crippen molar-refractivity contribution in [3.8, 4) is 0 Å². The van der Waals surface area contributed by atoms with Gasteiger partial charge in [-0.2, -0.15) is 0 Å². The summed E-state index contributed by atoms with van der Waals surface area (Å²) < 4.78 is 11.2. The van der Waals surface area contributed by atoms with E-state index in [4.69, 9.17) is 15.6 Å². The number of rotatable bonds is 7. The molecule has 0 fully saturated rings. The summed E-state index contributed by atoms with van der Waals surface area (Å²) in [5.74, 6) is -2.62. The molecule has 0 aromatic carbocycles. The normalized spacial score (nSPS) is 14.2. The van der Waals surface area contributed by atoms with E-state index in [0.29, 0.717) is 0 Å². The molecule has 0 saturated heterocycles. The van der Waals surface area contributed by atoms with Crippen LogP contribution in [-0.4, -0.2) is 45.1 Å². The fourth-order valence-corrected chi connectivity index (χ4v) is 2.11. The summed E-state index contributed by atoms with van der Waals surface area (Å²) in [6.07, 6.45) is -1.53. The summed E-state index contributed by atoms with van der Waals surface area (Å²) >= 11 is 0. The van der Waals surface area contributed by atoms with Crippen LogP contribution in [0.4, 0.5) is 0 Å². The zero-order valence-corrected chi connectivity index (χ0v) is 8.74. The van der Waals surface area contributed by atoms with Gasteiger partial charge in [0.1, 0.15) is 5.71 Å². The predicted molar refractivity (Wildman–Crippen MR) is 51.8 cm³/mol. The molecule has 0 amide bonds. The van der Waals surface area contributed by atoms with Gasteiger partial charge < -0.3 is 15.1 Å². The molecule has 0 spiro atoms. The van der Waals surface area contributed by atoms with Crippen molar-refractivity contribution in [3.63, 3.8) is 0 Å². The summed E-state index contributed by atoms with van der Waals surface area (Å²) in [7, 11) is -3.62. The van der Waals surface area contributed by atoms with Gasteiger partial charge in [-0.3, -0.25) is 14.8 Å². The second-order valence-electron chi connectivity index (χ2n) is 2.97. The molecule has 7 nitrogen and oxygen atoms in total. The third-order valence-corrected chi connectivity index (χ3v) is 3.49. The van der Waals surface area contributed by atoms with Crippen LogP contribution in [0.1, 0.15) is 12.8 Å². The Bertz CT molecular complexity index is 325. The van der Waals surface area contributed by atoms with Gasteiger partial charge in [-0.15, -0.1) is 0 Å². The number of carbonyl (C=O) groups is 2. The van der Waals surface area contributed by atoms with E-state index in [2.05, 4.69) is 0 Å². The van der Waals surface area contributed by atoms with Gasteiger partial charge in [0.15, 0.2) is 0 Å². The van der Waals surface area contributed by atoms with Crippen molar-refractivity contribution in [2.75, 3.05) is 12.3 Å². The largest absolute Gasteiger partial charge is 0.481 e. The minimum atomic E-state index is -3.62.